The first kappa shape index (κ1) is 14.6. The van der Waals surface area contributed by atoms with Crippen molar-refractivity contribution in [3.05, 3.63) is 48.1 Å². The topological polar surface area (TPSA) is 45.8 Å². The van der Waals surface area contributed by atoms with Crippen LogP contribution in [0.3, 0.4) is 0 Å². The van der Waals surface area contributed by atoms with E-state index in [1.165, 1.54) is 12.1 Å². The maximum absolute atomic E-state index is 13.3. The van der Waals surface area contributed by atoms with Crippen LogP contribution in [0.2, 0.25) is 0 Å². The second-order valence-corrected chi connectivity index (χ2v) is 6.33. The second kappa shape index (κ2) is 5.70. The molecule has 0 aliphatic heterocycles. The van der Waals surface area contributed by atoms with Crippen LogP contribution < -0.4 is 5.56 Å². The molecule has 0 spiro atoms. The first-order valence-electron chi connectivity index (χ1n) is 5.65. The third-order valence-electron chi connectivity index (χ3n) is 2.62. The van der Waals surface area contributed by atoms with Crippen LogP contribution in [-0.4, -0.2) is 9.97 Å². The smallest absolute Gasteiger partial charge is 0.264 e. The van der Waals surface area contributed by atoms with Crippen molar-refractivity contribution in [2.45, 2.75) is 19.8 Å². The van der Waals surface area contributed by atoms with Gasteiger partial charge in [0.1, 0.15) is 11.6 Å². The number of rotatable bonds is 2. The summed E-state index contributed by atoms with van der Waals surface area (Å²) >= 11 is 5.32. The van der Waals surface area contributed by atoms with Crippen molar-refractivity contribution in [1.29, 1.82) is 0 Å². The van der Waals surface area contributed by atoms with Gasteiger partial charge in [-0.25, -0.2) is 9.37 Å². The molecule has 0 fully saturated rings. The number of benzene rings is 1. The molecule has 1 N–H and O–H groups in total. The summed E-state index contributed by atoms with van der Waals surface area (Å²) in [7, 11) is 0. The van der Waals surface area contributed by atoms with E-state index in [-0.39, 0.29) is 17.3 Å². The summed E-state index contributed by atoms with van der Waals surface area (Å²) < 4.78 is 14.6. The maximum Gasteiger partial charge on any atom is 0.264 e. The van der Waals surface area contributed by atoms with Gasteiger partial charge in [-0.3, -0.25) is 4.79 Å². The Morgan fingerprint density at radius 1 is 1.42 bits per heavy atom. The third kappa shape index (κ3) is 3.05. The van der Waals surface area contributed by atoms with Gasteiger partial charge in [-0.2, -0.15) is 0 Å². The fraction of sp³-hybridized carbons (Fsp3) is 0.231. The minimum atomic E-state index is -0.370. The molecule has 1 aromatic heterocycles. The Labute approximate surface area is 131 Å². The molecule has 0 radical (unpaired) electrons. The largest absolute Gasteiger partial charge is 0.306 e. The molecule has 0 aliphatic rings. The number of halogens is 3. The summed E-state index contributed by atoms with van der Waals surface area (Å²) in [5.74, 6) is 0.131. The Morgan fingerprint density at radius 3 is 2.74 bits per heavy atom. The molecule has 3 nitrogen and oxygen atoms in total. The van der Waals surface area contributed by atoms with Crippen molar-refractivity contribution in [1.82, 2.24) is 9.97 Å². The van der Waals surface area contributed by atoms with Crippen molar-refractivity contribution in [3.8, 4) is 11.4 Å². The van der Waals surface area contributed by atoms with Crippen molar-refractivity contribution >= 4 is 38.5 Å². The quantitative estimate of drug-likeness (QED) is 0.721. The third-order valence-corrected chi connectivity index (χ3v) is 4.35. The van der Waals surface area contributed by atoms with Crippen LogP contribution in [0.15, 0.2) is 27.5 Å². The van der Waals surface area contributed by atoms with E-state index >= 15 is 0 Å². The molecule has 2 aromatic rings. The van der Waals surface area contributed by atoms with E-state index in [1.807, 2.05) is 36.4 Å². The molecule has 6 heteroatoms. The van der Waals surface area contributed by atoms with E-state index in [4.69, 9.17) is 0 Å². The Hall–Kier alpha value is -0.760. The predicted octanol–water partition coefficient (Wildman–Crippen LogP) is 4.07. The van der Waals surface area contributed by atoms with E-state index < -0.39 is 0 Å². The van der Waals surface area contributed by atoms with E-state index in [1.54, 1.807) is 6.07 Å². The van der Waals surface area contributed by atoms with E-state index in [2.05, 4.69) is 25.9 Å². The Kier molecular flexibility index (Phi) is 4.39. The predicted molar refractivity (Wildman–Crippen MR) is 84.8 cm³/mol. The fourth-order valence-corrected chi connectivity index (χ4v) is 2.98. The van der Waals surface area contributed by atoms with Crippen LogP contribution in [-0.2, 0) is 0 Å². The number of hydrogen-bond acceptors (Lipinski definition) is 2. The Morgan fingerprint density at radius 2 is 2.11 bits per heavy atom. The first-order valence-corrected chi connectivity index (χ1v) is 7.52. The first-order chi connectivity index (χ1) is 8.90. The minimum absolute atomic E-state index is 0.125. The summed E-state index contributed by atoms with van der Waals surface area (Å²) in [6.07, 6.45) is 0. The zero-order valence-corrected chi connectivity index (χ0v) is 14.0. The molecular weight excluding hydrogens is 426 g/mol. The summed E-state index contributed by atoms with van der Waals surface area (Å²) in [6, 6.07) is 4.29. The molecule has 19 heavy (non-hydrogen) atoms. The number of nitrogens with zero attached hydrogens (tertiary/aromatic N) is 1. The highest BCUT2D eigenvalue weighted by Crippen LogP contribution is 2.27. The van der Waals surface area contributed by atoms with E-state index in [0.717, 1.165) is 5.69 Å². The zero-order valence-electron chi connectivity index (χ0n) is 10.3. The standard InChI is InChI=1S/C13H11BrFIN2O/c1-6(2)11-10(16)13(19)18-12(17-11)8-5-7(15)3-4-9(8)14/h3-6H,1-2H3,(H,17,18,19). The molecule has 0 aliphatic carbocycles. The van der Waals surface area contributed by atoms with Crippen LogP contribution in [0.5, 0.6) is 0 Å². The van der Waals surface area contributed by atoms with Gasteiger partial charge in [-0.15, -0.1) is 0 Å². The van der Waals surface area contributed by atoms with Gasteiger partial charge < -0.3 is 4.98 Å². The molecule has 0 saturated heterocycles. The Bertz CT molecular complexity index is 685. The lowest BCUT2D eigenvalue weighted by atomic mass is 10.1. The lowest BCUT2D eigenvalue weighted by Gasteiger charge is -2.10. The summed E-state index contributed by atoms with van der Waals surface area (Å²) in [5, 5.41) is 0. The summed E-state index contributed by atoms with van der Waals surface area (Å²) in [5.41, 5.74) is 1.05. The molecular formula is C13H11BrFIN2O. The van der Waals surface area contributed by atoms with Gasteiger partial charge in [0.15, 0.2) is 0 Å². The van der Waals surface area contributed by atoms with Crippen LogP contribution in [0.1, 0.15) is 25.5 Å². The minimum Gasteiger partial charge on any atom is -0.306 e. The average molecular weight is 437 g/mol. The van der Waals surface area contributed by atoms with Crippen molar-refractivity contribution in [3.63, 3.8) is 0 Å². The molecule has 2 rings (SSSR count). The fourth-order valence-electron chi connectivity index (χ4n) is 1.67. The van der Waals surface area contributed by atoms with E-state index in [9.17, 15) is 9.18 Å². The number of nitrogens with one attached hydrogen (secondary N) is 1. The van der Waals surface area contributed by atoms with Gasteiger partial charge in [0.2, 0.25) is 0 Å². The van der Waals surface area contributed by atoms with Gasteiger partial charge in [-0.1, -0.05) is 29.8 Å². The van der Waals surface area contributed by atoms with Gasteiger partial charge in [0.25, 0.3) is 5.56 Å². The second-order valence-electron chi connectivity index (χ2n) is 4.39. The molecule has 0 amide bonds. The SMILES string of the molecule is CC(C)c1nc(-c2cc(F)ccc2Br)[nH]c(=O)c1I. The molecule has 0 saturated carbocycles. The van der Waals surface area contributed by atoms with Crippen molar-refractivity contribution < 1.29 is 4.39 Å². The molecule has 1 aromatic carbocycles. The number of hydrogen-bond donors (Lipinski definition) is 1. The van der Waals surface area contributed by atoms with Gasteiger partial charge in [-0.05, 0) is 46.7 Å². The Balaban J connectivity index is 2.70. The lowest BCUT2D eigenvalue weighted by Crippen LogP contribution is -2.17. The number of aromatic amines is 1. The van der Waals surface area contributed by atoms with Crippen LogP contribution >= 0.6 is 38.5 Å². The highest BCUT2D eigenvalue weighted by atomic mass is 127. The highest BCUT2D eigenvalue weighted by molar-refractivity contribution is 14.1. The molecule has 0 unspecified atom stereocenters. The van der Waals surface area contributed by atoms with Gasteiger partial charge in [0, 0.05) is 10.0 Å². The molecule has 1 heterocycles. The van der Waals surface area contributed by atoms with Crippen molar-refractivity contribution in [2.75, 3.05) is 0 Å². The summed E-state index contributed by atoms with van der Waals surface area (Å²) in [6.45, 7) is 3.93. The number of aromatic nitrogens is 2. The monoisotopic (exact) mass is 436 g/mol. The maximum atomic E-state index is 13.3. The normalized spacial score (nSPS) is 11.1. The molecule has 0 atom stereocenters. The number of H-pyrrole nitrogens is 1. The molecule has 100 valence electrons. The zero-order chi connectivity index (χ0) is 14.2. The summed E-state index contributed by atoms with van der Waals surface area (Å²) in [4.78, 5) is 19.1. The van der Waals surface area contributed by atoms with E-state index in [0.29, 0.717) is 19.4 Å². The lowest BCUT2D eigenvalue weighted by molar-refractivity contribution is 0.628. The van der Waals surface area contributed by atoms with Crippen LogP contribution in [0.25, 0.3) is 11.4 Å². The average Bonchev–Trinajstić information content (AvgIpc) is 2.35. The van der Waals surface area contributed by atoms with Gasteiger partial charge >= 0.3 is 0 Å². The molecule has 0 bridgehead atoms. The van der Waals surface area contributed by atoms with Gasteiger partial charge in [0.05, 0.1) is 9.26 Å². The highest BCUT2D eigenvalue weighted by Gasteiger charge is 2.15. The van der Waals surface area contributed by atoms with Crippen LogP contribution in [0.4, 0.5) is 4.39 Å². The van der Waals surface area contributed by atoms with Crippen LogP contribution in [0, 0.1) is 9.39 Å². The van der Waals surface area contributed by atoms with Crippen molar-refractivity contribution in [2.24, 2.45) is 0 Å².